The minimum absolute atomic E-state index is 0.238. The third-order valence-electron chi connectivity index (χ3n) is 6.07. The van der Waals surface area contributed by atoms with Crippen molar-refractivity contribution in [2.75, 3.05) is 7.11 Å². The van der Waals surface area contributed by atoms with Crippen LogP contribution in [0.4, 0.5) is 0 Å². The Morgan fingerprint density at radius 2 is 2.00 bits per heavy atom. The molecule has 1 N–H and O–H groups in total. The molecule has 0 unspecified atom stereocenters. The summed E-state index contributed by atoms with van der Waals surface area (Å²) in [5.41, 5.74) is 1.76. The molecule has 2 nitrogen and oxygen atoms in total. The first-order valence-corrected chi connectivity index (χ1v) is 7.32. The van der Waals surface area contributed by atoms with Crippen LogP contribution in [0.25, 0.3) is 0 Å². The highest BCUT2D eigenvalue weighted by molar-refractivity contribution is 5.43. The lowest BCUT2D eigenvalue weighted by atomic mass is 9.64. The van der Waals surface area contributed by atoms with Gasteiger partial charge < -0.3 is 9.84 Å². The summed E-state index contributed by atoms with van der Waals surface area (Å²) in [5, 5.41) is 9.73. The van der Waals surface area contributed by atoms with Gasteiger partial charge in [-0.25, -0.2) is 0 Å². The Kier molecular flexibility index (Phi) is 2.81. The Balaban J connectivity index is 1.93. The van der Waals surface area contributed by atoms with E-state index in [-0.39, 0.29) is 5.75 Å². The van der Waals surface area contributed by atoms with Gasteiger partial charge in [0.15, 0.2) is 11.5 Å². The van der Waals surface area contributed by atoms with Crippen molar-refractivity contribution in [1.29, 1.82) is 0 Å². The van der Waals surface area contributed by atoms with Crippen molar-refractivity contribution in [3.8, 4) is 11.5 Å². The quantitative estimate of drug-likeness (QED) is 0.864. The zero-order valence-electron chi connectivity index (χ0n) is 12.3. The molecule has 0 aromatic heterocycles. The summed E-state index contributed by atoms with van der Waals surface area (Å²) in [4.78, 5) is 0. The van der Waals surface area contributed by atoms with Crippen LogP contribution in [0.1, 0.15) is 45.1 Å². The second kappa shape index (κ2) is 4.16. The van der Waals surface area contributed by atoms with Crippen LogP contribution >= 0.6 is 0 Å². The lowest BCUT2D eigenvalue weighted by Gasteiger charge is -2.41. The number of hydrogen-bond acceptors (Lipinski definition) is 2. The van der Waals surface area contributed by atoms with Gasteiger partial charge in [0.05, 0.1) is 7.11 Å². The Hall–Kier alpha value is -1.18. The first-order chi connectivity index (χ1) is 8.95. The third-order valence-corrected chi connectivity index (χ3v) is 6.07. The van der Waals surface area contributed by atoms with E-state index in [2.05, 4.69) is 26.8 Å². The van der Waals surface area contributed by atoms with Crippen LogP contribution in [-0.2, 0) is 0 Å². The van der Waals surface area contributed by atoms with Crippen LogP contribution in [0.2, 0.25) is 0 Å². The van der Waals surface area contributed by atoms with Gasteiger partial charge in [-0.05, 0) is 59.6 Å². The van der Waals surface area contributed by atoms with E-state index >= 15 is 0 Å². The van der Waals surface area contributed by atoms with E-state index in [4.69, 9.17) is 4.74 Å². The number of phenolic OH excluding ortho intramolecular Hbond substituents is 1. The fourth-order valence-corrected chi connectivity index (χ4v) is 4.55. The first kappa shape index (κ1) is 12.8. The summed E-state index contributed by atoms with van der Waals surface area (Å²) in [6.07, 6.45) is 2.66. The lowest BCUT2D eigenvalue weighted by molar-refractivity contribution is 0.118. The minimum atomic E-state index is 0.238. The second-order valence-electron chi connectivity index (χ2n) is 6.99. The number of benzene rings is 1. The van der Waals surface area contributed by atoms with Crippen LogP contribution in [-0.4, -0.2) is 12.2 Å². The molecule has 4 atom stereocenters. The fraction of sp³-hybridized carbons (Fsp3) is 0.647. The second-order valence-corrected chi connectivity index (χ2v) is 6.99. The van der Waals surface area contributed by atoms with Crippen LogP contribution in [0, 0.1) is 23.2 Å². The van der Waals surface area contributed by atoms with E-state index in [0.717, 1.165) is 17.8 Å². The van der Waals surface area contributed by atoms with E-state index in [1.807, 2.05) is 6.07 Å². The average molecular weight is 260 g/mol. The molecule has 1 aromatic rings. The molecule has 0 aliphatic heterocycles. The summed E-state index contributed by atoms with van der Waals surface area (Å²) >= 11 is 0. The molecule has 2 fully saturated rings. The molecule has 0 heterocycles. The van der Waals surface area contributed by atoms with Crippen molar-refractivity contribution in [1.82, 2.24) is 0 Å². The predicted molar refractivity (Wildman–Crippen MR) is 76.6 cm³/mol. The molecule has 3 rings (SSSR count). The third kappa shape index (κ3) is 1.76. The number of hydrogen-bond donors (Lipinski definition) is 1. The highest BCUT2D eigenvalue weighted by atomic mass is 16.5. The van der Waals surface area contributed by atoms with Crippen molar-refractivity contribution < 1.29 is 9.84 Å². The normalized spacial score (nSPS) is 35.6. The first-order valence-electron chi connectivity index (χ1n) is 7.32. The van der Waals surface area contributed by atoms with Crippen molar-refractivity contribution in [2.24, 2.45) is 23.2 Å². The highest BCUT2D eigenvalue weighted by Gasteiger charge is 2.55. The number of fused-ring (bicyclic) bond motifs is 2. The maximum atomic E-state index is 9.73. The molecular formula is C17H24O2. The SMILES string of the molecule is COc1cc([C@@H]2C[C@H]3C[C@H]2C(C)(C)[C@@H]3C)ccc1O. The molecule has 0 radical (unpaired) electrons. The van der Waals surface area contributed by atoms with Gasteiger partial charge in [0, 0.05) is 0 Å². The van der Waals surface area contributed by atoms with Crippen LogP contribution in [0.15, 0.2) is 18.2 Å². The molecule has 0 spiro atoms. The highest BCUT2D eigenvalue weighted by Crippen LogP contribution is 2.64. The van der Waals surface area contributed by atoms with Crippen molar-refractivity contribution >= 4 is 0 Å². The van der Waals surface area contributed by atoms with Gasteiger partial charge in [0.25, 0.3) is 0 Å². The van der Waals surface area contributed by atoms with E-state index in [0.29, 0.717) is 17.1 Å². The molecular weight excluding hydrogens is 236 g/mol. The van der Waals surface area contributed by atoms with Crippen molar-refractivity contribution in [2.45, 2.75) is 39.5 Å². The molecule has 1 aromatic carbocycles. The average Bonchev–Trinajstić information content (AvgIpc) is 2.90. The smallest absolute Gasteiger partial charge is 0.160 e. The topological polar surface area (TPSA) is 29.5 Å². The van der Waals surface area contributed by atoms with Gasteiger partial charge in [-0.3, -0.25) is 0 Å². The van der Waals surface area contributed by atoms with Crippen LogP contribution in [0.5, 0.6) is 11.5 Å². The molecule has 2 heteroatoms. The Morgan fingerprint density at radius 3 is 2.58 bits per heavy atom. The number of aromatic hydroxyl groups is 1. The number of ether oxygens (including phenoxy) is 1. The zero-order chi connectivity index (χ0) is 13.8. The van der Waals surface area contributed by atoms with Crippen molar-refractivity contribution in [3.05, 3.63) is 23.8 Å². The van der Waals surface area contributed by atoms with Gasteiger partial charge in [0.1, 0.15) is 0 Å². The predicted octanol–water partition coefficient (Wildman–Crippen LogP) is 4.19. The summed E-state index contributed by atoms with van der Waals surface area (Å²) in [6.45, 7) is 7.26. The largest absolute Gasteiger partial charge is 0.504 e. The fourth-order valence-electron chi connectivity index (χ4n) is 4.55. The standard InChI is InChI=1S/C17H24O2/c1-10-12-7-13(14(8-12)17(10,2)3)11-5-6-15(18)16(9-11)19-4/h5-6,9-10,12-14,18H,7-8H2,1-4H3/t10-,12+,13+,14-/m1/s1. The molecule has 104 valence electrons. The molecule has 2 aliphatic carbocycles. The summed E-state index contributed by atoms with van der Waals surface area (Å²) in [7, 11) is 1.62. The maximum absolute atomic E-state index is 9.73. The summed E-state index contributed by atoms with van der Waals surface area (Å²) < 4.78 is 5.25. The zero-order valence-corrected chi connectivity index (χ0v) is 12.3. The molecule has 2 bridgehead atoms. The number of methoxy groups -OCH3 is 1. The molecule has 19 heavy (non-hydrogen) atoms. The van der Waals surface area contributed by atoms with Gasteiger partial charge in [-0.1, -0.05) is 26.8 Å². The Bertz CT molecular complexity index is 492. The maximum Gasteiger partial charge on any atom is 0.160 e. The van der Waals surface area contributed by atoms with Gasteiger partial charge in [0.2, 0.25) is 0 Å². The molecule has 2 saturated carbocycles. The Labute approximate surface area is 115 Å². The number of rotatable bonds is 2. The van der Waals surface area contributed by atoms with Gasteiger partial charge >= 0.3 is 0 Å². The van der Waals surface area contributed by atoms with Crippen LogP contribution in [0.3, 0.4) is 0 Å². The molecule has 2 aliphatic rings. The van der Waals surface area contributed by atoms with Crippen molar-refractivity contribution in [3.63, 3.8) is 0 Å². The van der Waals surface area contributed by atoms with E-state index < -0.39 is 0 Å². The molecule has 0 amide bonds. The van der Waals surface area contributed by atoms with E-state index in [1.165, 1.54) is 18.4 Å². The monoisotopic (exact) mass is 260 g/mol. The van der Waals surface area contributed by atoms with Gasteiger partial charge in [-0.2, -0.15) is 0 Å². The summed E-state index contributed by atoms with van der Waals surface area (Å²) in [6, 6.07) is 5.88. The number of phenols is 1. The summed E-state index contributed by atoms with van der Waals surface area (Å²) in [5.74, 6) is 3.93. The van der Waals surface area contributed by atoms with Gasteiger partial charge in [-0.15, -0.1) is 0 Å². The Morgan fingerprint density at radius 1 is 1.26 bits per heavy atom. The van der Waals surface area contributed by atoms with E-state index in [9.17, 15) is 5.11 Å². The minimum Gasteiger partial charge on any atom is -0.504 e. The van der Waals surface area contributed by atoms with E-state index in [1.54, 1.807) is 13.2 Å². The lowest BCUT2D eigenvalue weighted by Crippen LogP contribution is -2.32. The molecule has 0 saturated heterocycles. The van der Waals surface area contributed by atoms with Crippen LogP contribution < -0.4 is 4.74 Å².